The third-order valence-corrected chi connectivity index (χ3v) is 4.11. The van der Waals surface area contributed by atoms with Crippen LogP contribution >= 0.6 is 0 Å². The van der Waals surface area contributed by atoms with Crippen LogP contribution in [0.2, 0.25) is 0 Å². The van der Waals surface area contributed by atoms with Gasteiger partial charge in [0, 0.05) is 26.2 Å². The minimum absolute atomic E-state index is 0.0707. The van der Waals surface area contributed by atoms with Crippen molar-refractivity contribution in [3.8, 4) is 0 Å². The van der Waals surface area contributed by atoms with E-state index in [0.29, 0.717) is 13.2 Å². The van der Waals surface area contributed by atoms with Crippen molar-refractivity contribution in [3.63, 3.8) is 0 Å². The SMILES string of the molecule is CC(C(=O)N(C)CCOCC1CC1)C(N)c1ccccc1. The van der Waals surface area contributed by atoms with Crippen LogP contribution in [0, 0.1) is 11.8 Å². The molecule has 1 fully saturated rings. The molecule has 2 unspecified atom stereocenters. The van der Waals surface area contributed by atoms with E-state index >= 15 is 0 Å². The van der Waals surface area contributed by atoms with E-state index in [2.05, 4.69) is 0 Å². The first-order valence-corrected chi connectivity index (χ1v) is 7.73. The van der Waals surface area contributed by atoms with E-state index in [1.54, 1.807) is 4.90 Å². The number of benzene rings is 1. The van der Waals surface area contributed by atoms with Crippen molar-refractivity contribution in [2.24, 2.45) is 17.6 Å². The maximum absolute atomic E-state index is 12.4. The number of hydrogen-bond donors (Lipinski definition) is 1. The lowest BCUT2D eigenvalue weighted by Gasteiger charge is -2.25. The van der Waals surface area contributed by atoms with Crippen molar-refractivity contribution in [3.05, 3.63) is 35.9 Å². The van der Waals surface area contributed by atoms with Crippen molar-refractivity contribution in [2.45, 2.75) is 25.8 Å². The Morgan fingerprint density at radius 3 is 2.67 bits per heavy atom. The molecule has 1 amide bonds. The van der Waals surface area contributed by atoms with Crippen LogP contribution in [0.15, 0.2) is 30.3 Å². The molecule has 4 nitrogen and oxygen atoms in total. The monoisotopic (exact) mass is 290 g/mol. The normalized spacial score (nSPS) is 17.3. The highest BCUT2D eigenvalue weighted by atomic mass is 16.5. The molecule has 1 aliphatic carbocycles. The summed E-state index contributed by atoms with van der Waals surface area (Å²) in [6.07, 6.45) is 2.58. The Balaban J connectivity index is 1.77. The van der Waals surface area contributed by atoms with Crippen LogP contribution in [0.25, 0.3) is 0 Å². The van der Waals surface area contributed by atoms with Gasteiger partial charge in [0.2, 0.25) is 5.91 Å². The quantitative estimate of drug-likeness (QED) is 0.747. The Bertz CT molecular complexity index is 445. The van der Waals surface area contributed by atoms with E-state index in [-0.39, 0.29) is 17.9 Å². The van der Waals surface area contributed by atoms with Crippen LogP contribution in [0.1, 0.15) is 31.4 Å². The Labute approximate surface area is 127 Å². The highest BCUT2D eigenvalue weighted by Crippen LogP contribution is 2.28. The summed E-state index contributed by atoms with van der Waals surface area (Å²) in [5.41, 5.74) is 7.20. The molecule has 1 aliphatic rings. The lowest BCUT2D eigenvalue weighted by Crippen LogP contribution is -2.38. The van der Waals surface area contributed by atoms with E-state index in [1.807, 2.05) is 44.3 Å². The van der Waals surface area contributed by atoms with E-state index in [4.69, 9.17) is 10.5 Å². The van der Waals surface area contributed by atoms with Crippen LogP contribution in [0.4, 0.5) is 0 Å². The van der Waals surface area contributed by atoms with Gasteiger partial charge in [0.15, 0.2) is 0 Å². The third kappa shape index (κ3) is 4.83. The number of rotatable bonds is 8. The molecule has 21 heavy (non-hydrogen) atoms. The van der Waals surface area contributed by atoms with Gasteiger partial charge in [-0.25, -0.2) is 0 Å². The second-order valence-electron chi connectivity index (χ2n) is 6.00. The average Bonchev–Trinajstić information content (AvgIpc) is 3.34. The molecular weight excluding hydrogens is 264 g/mol. The fourth-order valence-corrected chi connectivity index (χ4v) is 2.31. The predicted octanol–water partition coefficient (Wildman–Crippen LogP) is 2.21. The number of carbonyl (C=O) groups excluding carboxylic acids is 1. The first kappa shape index (κ1) is 16.0. The fourth-order valence-electron chi connectivity index (χ4n) is 2.31. The van der Waals surface area contributed by atoms with Gasteiger partial charge in [-0.05, 0) is 24.3 Å². The predicted molar refractivity (Wildman–Crippen MR) is 83.7 cm³/mol. The number of nitrogens with two attached hydrogens (primary N) is 1. The first-order chi connectivity index (χ1) is 10.1. The molecule has 1 aromatic carbocycles. The number of ether oxygens (including phenoxy) is 1. The van der Waals surface area contributed by atoms with Crippen LogP contribution in [-0.2, 0) is 9.53 Å². The second-order valence-corrected chi connectivity index (χ2v) is 6.00. The molecule has 0 saturated heterocycles. The summed E-state index contributed by atoms with van der Waals surface area (Å²) in [6.45, 7) is 3.95. The van der Waals surface area contributed by atoms with Crippen molar-refractivity contribution >= 4 is 5.91 Å². The van der Waals surface area contributed by atoms with Gasteiger partial charge < -0.3 is 15.4 Å². The summed E-state index contributed by atoms with van der Waals surface area (Å²) in [4.78, 5) is 14.1. The van der Waals surface area contributed by atoms with Crippen molar-refractivity contribution in [1.82, 2.24) is 4.90 Å². The second kappa shape index (κ2) is 7.57. The minimum atomic E-state index is -0.270. The van der Waals surface area contributed by atoms with Crippen LogP contribution in [-0.4, -0.2) is 37.6 Å². The lowest BCUT2D eigenvalue weighted by molar-refractivity contribution is -0.135. The smallest absolute Gasteiger partial charge is 0.227 e. The molecule has 4 heteroatoms. The van der Waals surface area contributed by atoms with Gasteiger partial charge in [0.1, 0.15) is 0 Å². The molecule has 0 bridgehead atoms. The molecule has 0 aliphatic heterocycles. The van der Waals surface area contributed by atoms with Gasteiger partial charge in [-0.15, -0.1) is 0 Å². The minimum Gasteiger partial charge on any atom is -0.379 e. The van der Waals surface area contributed by atoms with Crippen molar-refractivity contribution in [2.75, 3.05) is 26.8 Å². The molecule has 1 saturated carbocycles. The molecule has 0 radical (unpaired) electrons. The largest absolute Gasteiger partial charge is 0.379 e. The number of carbonyl (C=O) groups is 1. The number of nitrogens with zero attached hydrogens (tertiary/aromatic N) is 1. The highest BCUT2D eigenvalue weighted by molar-refractivity contribution is 5.79. The summed E-state index contributed by atoms with van der Waals surface area (Å²) < 4.78 is 5.58. The van der Waals surface area contributed by atoms with Crippen LogP contribution in [0.5, 0.6) is 0 Å². The molecule has 0 heterocycles. The summed E-state index contributed by atoms with van der Waals surface area (Å²) in [5, 5.41) is 0. The van der Waals surface area contributed by atoms with Crippen molar-refractivity contribution < 1.29 is 9.53 Å². The molecule has 116 valence electrons. The number of amides is 1. The van der Waals surface area contributed by atoms with E-state index in [1.165, 1.54) is 12.8 Å². The molecular formula is C17H26N2O2. The zero-order chi connectivity index (χ0) is 15.2. The van der Waals surface area contributed by atoms with Crippen LogP contribution in [0.3, 0.4) is 0 Å². The van der Waals surface area contributed by atoms with Crippen molar-refractivity contribution in [1.29, 1.82) is 0 Å². The molecule has 0 spiro atoms. The third-order valence-electron chi connectivity index (χ3n) is 4.11. The zero-order valence-corrected chi connectivity index (χ0v) is 13.0. The van der Waals surface area contributed by atoms with Gasteiger partial charge >= 0.3 is 0 Å². The summed E-state index contributed by atoms with van der Waals surface area (Å²) in [5.74, 6) is 0.596. The molecule has 1 aromatic rings. The molecule has 2 N–H and O–H groups in total. The van der Waals surface area contributed by atoms with E-state index in [9.17, 15) is 4.79 Å². The van der Waals surface area contributed by atoms with Gasteiger partial charge in [-0.1, -0.05) is 37.3 Å². The van der Waals surface area contributed by atoms with Gasteiger partial charge in [-0.3, -0.25) is 4.79 Å². The Hall–Kier alpha value is -1.39. The van der Waals surface area contributed by atoms with E-state index < -0.39 is 0 Å². The standard InChI is InChI=1S/C17H26N2O2/c1-13(16(18)15-6-4-3-5-7-15)17(20)19(2)10-11-21-12-14-8-9-14/h3-7,13-14,16H,8-12,18H2,1-2H3. The molecule has 2 atom stereocenters. The van der Waals surface area contributed by atoms with Gasteiger partial charge in [-0.2, -0.15) is 0 Å². The van der Waals surface area contributed by atoms with Crippen LogP contribution < -0.4 is 5.73 Å². The summed E-state index contributed by atoms with van der Waals surface area (Å²) in [7, 11) is 1.82. The summed E-state index contributed by atoms with van der Waals surface area (Å²) >= 11 is 0. The summed E-state index contributed by atoms with van der Waals surface area (Å²) in [6, 6.07) is 9.50. The number of likely N-dealkylation sites (N-methyl/N-ethyl adjacent to an activating group) is 1. The molecule has 0 aromatic heterocycles. The molecule has 2 rings (SSSR count). The maximum atomic E-state index is 12.4. The van der Waals surface area contributed by atoms with Gasteiger partial charge in [0.25, 0.3) is 0 Å². The lowest BCUT2D eigenvalue weighted by atomic mass is 9.94. The fraction of sp³-hybridized carbons (Fsp3) is 0.588. The maximum Gasteiger partial charge on any atom is 0.227 e. The van der Waals surface area contributed by atoms with Gasteiger partial charge in [0.05, 0.1) is 12.5 Å². The first-order valence-electron chi connectivity index (χ1n) is 7.73. The Morgan fingerprint density at radius 2 is 2.05 bits per heavy atom. The van der Waals surface area contributed by atoms with E-state index in [0.717, 1.165) is 18.1 Å². The Morgan fingerprint density at radius 1 is 1.38 bits per heavy atom. The topological polar surface area (TPSA) is 55.6 Å². The zero-order valence-electron chi connectivity index (χ0n) is 13.0. The Kier molecular flexibility index (Phi) is 5.76. The average molecular weight is 290 g/mol. The highest BCUT2D eigenvalue weighted by Gasteiger charge is 2.25. The number of hydrogen-bond acceptors (Lipinski definition) is 3.